The predicted molar refractivity (Wildman–Crippen MR) is 69.8 cm³/mol. The molecular formula is C14H26F3NO. The largest absolute Gasteiger partial charge is 0.411 e. The van der Waals surface area contributed by atoms with Gasteiger partial charge < -0.3 is 10.5 Å². The Bertz CT molecular complexity index is 280. The molecule has 0 saturated heterocycles. The highest BCUT2D eigenvalue weighted by atomic mass is 19.4. The summed E-state index contributed by atoms with van der Waals surface area (Å²) in [7, 11) is 0. The van der Waals surface area contributed by atoms with E-state index in [9.17, 15) is 13.2 Å². The van der Waals surface area contributed by atoms with Crippen molar-refractivity contribution in [1.82, 2.24) is 0 Å². The first-order valence-corrected chi connectivity index (χ1v) is 7.07. The maximum Gasteiger partial charge on any atom is 0.411 e. The van der Waals surface area contributed by atoms with E-state index >= 15 is 0 Å². The Balaban J connectivity index is 2.50. The van der Waals surface area contributed by atoms with Crippen LogP contribution in [0.1, 0.15) is 46.5 Å². The molecule has 1 aliphatic carbocycles. The maximum atomic E-state index is 12.0. The van der Waals surface area contributed by atoms with E-state index in [-0.39, 0.29) is 12.1 Å². The SMILES string of the molecule is CC1CCC(C(C)C)C(N)(CCOCC(F)(F)F)C1. The van der Waals surface area contributed by atoms with Crippen LogP contribution in [-0.2, 0) is 4.74 Å². The number of hydrogen-bond donors (Lipinski definition) is 1. The van der Waals surface area contributed by atoms with Gasteiger partial charge in [-0.05, 0) is 37.0 Å². The lowest BCUT2D eigenvalue weighted by Crippen LogP contribution is -2.53. The Hall–Kier alpha value is -0.290. The number of hydrogen-bond acceptors (Lipinski definition) is 2. The van der Waals surface area contributed by atoms with Crippen LogP contribution in [0.2, 0.25) is 0 Å². The minimum Gasteiger partial charge on any atom is -0.372 e. The lowest BCUT2D eigenvalue weighted by molar-refractivity contribution is -0.175. The Morgan fingerprint density at radius 1 is 1.32 bits per heavy atom. The van der Waals surface area contributed by atoms with Crippen LogP contribution in [0, 0.1) is 17.8 Å². The maximum absolute atomic E-state index is 12.0. The van der Waals surface area contributed by atoms with E-state index in [4.69, 9.17) is 10.5 Å². The van der Waals surface area contributed by atoms with Crippen molar-refractivity contribution in [3.8, 4) is 0 Å². The second-order valence-electron chi connectivity index (χ2n) is 6.39. The zero-order chi connectivity index (χ0) is 14.7. The molecule has 0 radical (unpaired) electrons. The summed E-state index contributed by atoms with van der Waals surface area (Å²) in [4.78, 5) is 0. The average molecular weight is 281 g/mol. The number of rotatable bonds is 5. The van der Waals surface area contributed by atoms with Gasteiger partial charge >= 0.3 is 6.18 Å². The molecule has 0 heterocycles. The van der Waals surface area contributed by atoms with Crippen molar-refractivity contribution in [2.24, 2.45) is 23.5 Å². The predicted octanol–water partition coefficient (Wildman–Crippen LogP) is 3.75. The van der Waals surface area contributed by atoms with Gasteiger partial charge in [-0.1, -0.05) is 27.2 Å². The van der Waals surface area contributed by atoms with Gasteiger partial charge in [0.2, 0.25) is 0 Å². The van der Waals surface area contributed by atoms with Crippen molar-refractivity contribution in [2.75, 3.05) is 13.2 Å². The lowest BCUT2D eigenvalue weighted by atomic mass is 9.64. The van der Waals surface area contributed by atoms with Gasteiger partial charge in [0.15, 0.2) is 0 Å². The number of nitrogens with two attached hydrogens (primary N) is 1. The molecule has 0 spiro atoms. The minimum absolute atomic E-state index is 0.0892. The molecule has 0 aromatic heterocycles. The Morgan fingerprint density at radius 3 is 2.47 bits per heavy atom. The van der Waals surface area contributed by atoms with Crippen LogP contribution in [0.15, 0.2) is 0 Å². The number of alkyl halides is 3. The van der Waals surface area contributed by atoms with Crippen molar-refractivity contribution in [2.45, 2.75) is 58.2 Å². The highest BCUT2D eigenvalue weighted by molar-refractivity contribution is 4.97. The van der Waals surface area contributed by atoms with E-state index in [0.29, 0.717) is 24.2 Å². The van der Waals surface area contributed by atoms with Gasteiger partial charge in [-0.3, -0.25) is 0 Å². The van der Waals surface area contributed by atoms with Gasteiger partial charge in [-0.25, -0.2) is 0 Å². The van der Waals surface area contributed by atoms with Gasteiger partial charge in [0.05, 0.1) is 0 Å². The van der Waals surface area contributed by atoms with Crippen LogP contribution < -0.4 is 5.73 Å². The highest BCUT2D eigenvalue weighted by Gasteiger charge is 2.41. The normalized spacial score (nSPS) is 32.8. The van der Waals surface area contributed by atoms with Crippen molar-refractivity contribution < 1.29 is 17.9 Å². The fourth-order valence-electron chi connectivity index (χ4n) is 3.39. The summed E-state index contributed by atoms with van der Waals surface area (Å²) >= 11 is 0. The second kappa shape index (κ2) is 6.44. The van der Waals surface area contributed by atoms with Gasteiger partial charge in [-0.2, -0.15) is 13.2 Å². The summed E-state index contributed by atoms with van der Waals surface area (Å²) in [5.41, 5.74) is 6.11. The van der Waals surface area contributed by atoms with E-state index in [1.54, 1.807) is 0 Å². The van der Waals surface area contributed by atoms with Crippen LogP contribution in [0.5, 0.6) is 0 Å². The topological polar surface area (TPSA) is 35.2 Å². The fourth-order valence-corrected chi connectivity index (χ4v) is 3.39. The fraction of sp³-hybridized carbons (Fsp3) is 1.00. The Kier molecular flexibility index (Phi) is 5.68. The molecule has 1 fully saturated rings. The number of halogens is 3. The molecule has 0 aliphatic heterocycles. The summed E-state index contributed by atoms with van der Waals surface area (Å²) in [5.74, 6) is 1.38. The molecule has 1 aliphatic rings. The molecule has 2 nitrogen and oxygen atoms in total. The van der Waals surface area contributed by atoms with Crippen molar-refractivity contribution in [3.05, 3.63) is 0 Å². The highest BCUT2D eigenvalue weighted by Crippen LogP contribution is 2.41. The van der Waals surface area contributed by atoms with E-state index in [0.717, 1.165) is 19.3 Å². The Morgan fingerprint density at radius 2 is 1.95 bits per heavy atom. The van der Waals surface area contributed by atoms with E-state index in [1.807, 2.05) is 0 Å². The molecule has 3 unspecified atom stereocenters. The first-order chi connectivity index (χ1) is 8.64. The molecule has 1 rings (SSSR count). The second-order valence-corrected chi connectivity index (χ2v) is 6.39. The van der Waals surface area contributed by atoms with E-state index in [1.165, 1.54) is 0 Å². The summed E-state index contributed by atoms with van der Waals surface area (Å²) < 4.78 is 40.8. The van der Waals surface area contributed by atoms with Crippen molar-refractivity contribution in [1.29, 1.82) is 0 Å². The minimum atomic E-state index is -4.25. The third-order valence-corrected chi connectivity index (χ3v) is 4.22. The quantitative estimate of drug-likeness (QED) is 0.779. The van der Waals surface area contributed by atoms with Crippen molar-refractivity contribution >= 4 is 0 Å². The molecule has 0 bridgehead atoms. The summed E-state index contributed by atoms with van der Waals surface area (Å²) in [5, 5.41) is 0. The first-order valence-electron chi connectivity index (χ1n) is 7.07. The lowest BCUT2D eigenvalue weighted by Gasteiger charge is -2.46. The molecule has 114 valence electrons. The summed E-state index contributed by atoms with van der Waals surface area (Å²) in [6.45, 7) is 5.35. The molecule has 0 aromatic carbocycles. The van der Waals surface area contributed by atoms with E-state index in [2.05, 4.69) is 20.8 Å². The first kappa shape index (κ1) is 16.8. The van der Waals surface area contributed by atoms with Crippen LogP contribution in [0.25, 0.3) is 0 Å². The third kappa shape index (κ3) is 5.30. The van der Waals surface area contributed by atoms with Gasteiger partial charge in [0.25, 0.3) is 0 Å². The molecule has 0 aromatic rings. The van der Waals surface area contributed by atoms with Crippen LogP contribution in [-0.4, -0.2) is 24.9 Å². The van der Waals surface area contributed by atoms with Gasteiger partial charge in [-0.15, -0.1) is 0 Å². The summed E-state index contributed by atoms with van der Waals surface area (Å²) in [6.07, 6.45) is -0.639. The Labute approximate surface area is 113 Å². The monoisotopic (exact) mass is 281 g/mol. The molecule has 3 atom stereocenters. The molecule has 1 saturated carbocycles. The van der Waals surface area contributed by atoms with Crippen LogP contribution >= 0.6 is 0 Å². The molecule has 0 amide bonds. The van der Waals surface area contributed by atoms with E-state index < -0.39 is 12.8 Å². The van der Waals surface area contributed by atoms with Gasteiger partial charge in [0, 0.05) is 12.1 Å². The zero-order valence-corrected chi connectivity index (χ0v) is 12.1. The molecular weight excluding hydrogens is 255 g/mol. The van der Waals surface area contributed by atoms with Crippen LogP contribution in [0.3, 0.4) is 0 Å². The smallest absolute Gasteiger partial charge is 0.372 e. The van der Waals surface area contributed by atoms with Gasteiger partial charge in [0.1, 0.15) is 6.61 Å². The standard InChI is InChI=1S/C14H26F3NO/c1-10(2)12-5-4-11(3)8-13(12,18)6-7-19-9-14(15,16)17/h10-12H,4-9,18H2,1-3H3. The third-order valence-electron chi connectivity index (χ3n) is 4.22. The zero-order valence-electron chi connectivity index (χ0n) is 12.1. The summed E-state index contributed by atoms with van der Waals surface area (Å²) in [6, 6.07) is 0. The van der Waals surface area contributed by atoms with Crippen LogP contribution in [0.4, 0.5) is 13.2 Å². The molecule has 19 heavy (non-hydrogen) atoms. The van der Waals surface area contributed by atoms with Crippen molar-refractivity contribution in [3.63, 3.8) is 0 Å². The average Bonchev–Trinajstić information content (AvgIpc) is 2.22. The molecule has 2 N–H and O–H groups in total. The number of ether oxygens (including phenoxy) is 1. The molecule has 5 heteroatoms.